The summed E-state index contributed by atoms with van der Waals surface area (Å²) in [6, 6.07) is 8.25. The molecule has 0 radical (unpaired) electrons. The molecule has 3 rings (SSSR count). The van der Waals surface area contributed by atoms with Gasteiger partial charge in [0.2, 0.25) is 0 Å². The standard InChI is InChI=1S/C19H27N3O2/c1-3-17(14-12-20-22(2)13-14)21-15-8-10-16(11-9-15)24-19-7-5-4-6-18(19)23/h8-13,17-19,21,23H,3-7H2,1-2H3. The first-order valence-electron chi connectivity index (χ1n) is 8.85. The summed E-state index contributed by atoms with van der Waals surface area (Å²) in [6.07, 6.45) is 8.52. The van der Waals surface area contributed by atoms with Crippen LogP contribution >= 0.6 is 0 Å². The number of benzene rings is 1. The molecular weight excluding hydrogens is 302 g/mol. The lowest BCUT2D eigenvalue weighted by Crippen LogP contribution is -2.34. The van der Waals surface area contributed by atoms with Gasteiger partial charge in [-0.25, -0.2) is 0 Å². The van der Waals surface area contributed by atoms with E-state index < -0.39 is 0 Å². The van der Waals surface area contributed by atoms with Crippen molar-refractivity contribution >= 4 is 5.69 Å². The number of nitrogens with one attached hydrogen (secondary N) is 1. The smallest absolute Gasteiger partial charge is 0.124 e. The van der Waals surface area contributed by atoms with Gasteiger partial charge in [0.15, 0.2) is 0 Å². The third-order valence-electron chi connectivity index (χ3n) is 4.69. The second-order valence-electron chi connectivity index (χ2n) is 6.58. The molecule has 2 aromatic rings. The van der Waals surface area contributed by atoms with Crippen LogP contribution in [0.15, 0.2) is 36.7 Å². The van der Waals surface area contributed by atoms with Gasteiger partial charge in [0.25, 0.3) is 0 Å². The average Bonchev–Trinajstić information content (AvgIpc) is 3.02. The highest BCUT2D eigenvalue weighted by Crippen LogP contribution is 2.27. The summed E-state index contributed by atoms with van der Waals surface area (Å²) in [7, 11) is 1.93. The van der Waals surface area contributed by atoms with Crippen molar-refractivity contribution in [2.45, 2.75) is 57.3 Å². The molecule has 0 aliphatic heterocycles. The van der Waals surface area contributed by atoms with E-state index in [1.54, 1.807) is 0 Å². The van der Waals surface area contributed by atoms with E-state index >= 15 is 0 Å². The lowest BCUT2D eigenvalue weighted by Gasteiger charge is -2.28. The molecule has 1 fully saturated rings. The van der Waals surface area contributed by atoms with Crippen LogP contribution < -0.4 is 10.1 Å². The van der Waals surface area contributed by atoms with E-state index in [1.807, 2.05) is 48.4 Å². The van der Waals surface area contributed by atoms with Crippen molar-refractivity contribution in [1.82, 2.24) is 9.78 Å². The molecule has 3 atom stereocenters. The molecule has 1 aromatic heterocycles. The predicted molar refractivity (Wildman–Crippen MR) is 95.2 cm³/mol. The number of aliphatic hydroxyl groups is 1. The molecule has 2 N–H and O–H groups in total. The van der Waals surface area contributed by atoms with Crippen LogP contribution in [0.4, 0.5) is 5.69 Å². The minimum absolute atomic E-state index is 0.0728. The number of nitrogens with zero attached hydrogens (tertiary/aromatic N) is 2. The normalized spacial score (nSPS) is 22.1. The van der Waals surface area contributed by atoms with Crippen LogP contribution in [0, 0.1) is 0 Å². The molecule has 0 bridgehead atoms. The number of rotatable bonds is 6. The topological polar surface area (TPSA) is 59.3 Å². The molecule has 24 heavy (non-hydrogen) atoms. The maximum absolute atomic E-state index is 10.0. The fourth-order valence-electron chi connectivity index (χ4n) is 3.26. The molecule has 5 nitrogen and oxygen atoms in total. The molecule has 1 saturated carbocycles. The summed E-state index contributed by atoms with van der Waals surface area (Å²) in [4.78, 5) is 0. The highest BCUT2D eigenvalue weighted by molar-refractivity contribution is 5.48. The maximum Gasteiger partial charge on any atom is 0.124 e. The summed E-state index contributed by atoms with van der Waals surface area (Å²) in [6.45, 7) is 2.16. The van der Waals surface area contributed by atoms with Crippen LogP contribution in [0.5, 0.6) is 5.75 Å². The van der Waals surface area contributed by atoms with E-state index in [1.165, 1.54) is 5.56 Å². The number of anilines is 1. The first-order valence-corrected chi connectivity index (χ1v) is 8.85. The minimum atomic E-state index is -0.341. The van der Waals surface area contributed by atoms with Crippen LogP contribution in [-0.4, -0.2) is 27.1 Å². The second kappa shape index (κ2) is 7.71. The van der Waals surface area contributed by atoms with Crippen LogP contribution in [0.1, 0.15) is 50.6 Å². The predicted octanol–water partition coefficient (Wildman–Crippen LogP) is 3.67. The van der Waals surface area contributed by atoms with Crippen molar-refractivity contribution in [3.63, 3.8) is 0 Å². The number of ether oxygens (including phenoxy) is 1. The Kier molecular flexibility index (Phi) is 5.41. The summed E-state index contributed by atoms with van der Waals surface area (Å²) >= 11 is 0. The number of aromatic nitrogens is 2. The SMILES string of the molecule is CCC(Nc1ccc(OC2CCCCC2O)cc1)c1cnn(C)c1. The van der Waals surface area contributed by atoms with E-state index in [0.29, 0.717) is 0 Å². The zero-order valence-corrected chi connectivity index (χ0v) is 14.5. The lowest BCUT2D eigenvalue weighted by molar-refractivity contribution is 0.00688. The quantitative estimate of drug-likeness (QED) is 0.849. The van der Waals surface area contributed by atoms with Crippen LogP contribution in [-0.2, 0) is 7.05 Å². The Morgan fingerprint density at radius 3 is 2.67 bits per heavy atom. The fourth-order valence-corrected chi connectivity index (χ4v) is 3.26. The summed E-state index contributed by atoms with van der Waals surface area (Å²) in [5, 5.41) is 17.8. The van der Waals surface area contributed by atoms with Crippen molar-refractivity contribution in [1.29, 1.82) is 0 Å². The molecule has 3 unspecified atom stereocenters. The number of hydrogen-bond donors (Lipinski definition) is 2. The zero-order chi connectivity index (χ0) is 16.9. The maximum atomic E-state index is 10.0. The minimum Gasteiger partial charge on any atom is -0.488 e. The largest absolute Gasteiger partial charge is 0.488 e. The van der Waals surface area contributed by atoms with E-state index in [0.717, 1.165) is 43.5 Å². The van der Waals surface area contributed by atoms with Gasteiger partial charge >= 0.3 is 0 Å². The Bertz CT molecular complexity index is 638. The van der Waals surface area contributed by atoms with Gasteiger partial charge in [-0.2, -0.15) is 5.10 Å². The summed E-state index contributed by atoms with van der Waals surface area (Å²) in [5.74, 6) is 0.820. The van der Waals surface area contributed by atoms with Crippen molar-refractivity contribution < 1.29 is 9.84 Å². The summed E-state index contributed by atoms with van der Waals surface area (Å²) < 4.78 is 7.78. The Balaban J connectivity index is 1.61. The third-order valence-corrected chi connectivity index (χ3v) is 4.69. The van der Waals surface area contributed by atoms with Gasteiger partial charge in [0.1, 0.15) is 11.9 Å². The average molecular weight is 329 g/mol. The Hall–Kier alpha value is -2.01. The molecule has 0 amide bonds. The molecule has 1 aliphatic rings. The van der Waals surface area contributed by atoms with Crippen molar-refractivity contribution in [3.8, 4) is 5.75 Å². The molecule has 0 saturated heterocycles. The zero-order valence-electron chi connectivity index (χ0n) is 14.5. The fraction of sp³-hybridized carbons (Fsp3) is 0.526. The third kappa shape index (κ3) is 4.09. The Morgan fingerprint density at radius 2 is 2.04 bits per heavy atom. The molecule has 0 spiro atoms. The first kappa shape index (κ1) is 16.8. The van der Waals surface area contributed by atoms with Crippen molar-refractivity contribution in [3.05, 3.63) is 42.2 Å². The highest BCUT2D eigenvalue weighted by Gasteiger charge is 2.24. The van der Waals surface area contributed by atoms with E-state index in [4.69, 9.17) is 4.74 Å². The van der Waals surface area contributed by atoms with Crippen LogP contribution in [0.3, 0.4) is 0 Å². The van der Waals surface area contributed by atoms with Gasteiger partial charge in [-0.05, 0) is 49.9 Å². The van der Waals surface area contributed by atoms with Crippen LogP contribution in [0.2, 0.25) is 0 Å². The van der Waals surface area contributed by atoms with Gasteiger partial charge in [-0.15, -0.1) is 0 Å². The molecule has 1 aliphatic carbocycles. The first-order chi connectivity index (χ1) is 11.7. The van der Waals surface area contributed by atoms with Gasteiger partial charge in [-0.3, -0.25) is 4.68 Å². The lowest BCUT2D eigenvalue weighted by atomic mass is 9.95. The van der Waals surface area contributed by atoms with Crippen LogP contribution in [0.25, 0.3) is 0 Å². The molecular formula is C19H27N3O2. The monoisotopic (exact) mass is 329 g/mol. The Labute approximate surface area is 143 Å². The molecule has 1 aromatic carbocycles. The van der Waals surface area contributed by atoms with Gasteiger partial charge in [0.05, 0.1) is 18.3 Å². The van der Waals surface area contributed by atoms with Crippen molar-refractivity contribution in [2.24, 2.45) is 7.05 Å². The van der Waals surface area contributed by atoms with E-state index in [2.05, 4.69) is 17.3 Å². The van der Waals surface area contributed by atoms with Crippen molar-refractivity contribution in [2.75, 3.05) is 5.32 Å². The molecule has 5 heteroatoms. The van der Waals surface area contributed by atoms with E-state index in [-0.39, 0.29) is 18.2 Å². The number of aliphatic hydroxyl groups excluding tert-OH is 1. The van der Waals surface area contributed by atoms with Gasteiger partial charge < -0.3 is 15.2 Å². The number of hydrogen-bond acceptors (Lipinski definition) is 4. The highest BCUT2D eigenvalue weighted by atomic mass is 16.5. The molecule has 1 heterocycles. The molecule has 130 valence electrons. The second-order valence-corrected chi connectivity index (χ2v) is 6.58. The summed E-state index contributed by atoms with van der Waals surface area (Å²) in [5.41, 5.74) is 2.24. The van der Waals surface area contributed by atoms with E-state index in [9.17, 15) is 5.11 Å². The number of aryl methyl sites for hydroxylation is 1. The Morgan fingerprint density at radius 1 is 1.29 bits per heavy atom. The van der Waals surface area contributed by atoms with Gasteiger partial charge in [0, 0.05) is 24.5 Å². The van der Waals surface area contributed by atoms with Gasteiger partial charge in [-0.1, -0.05) is 13.3 Å².